The van der Waals surface area contributed by atoms with Crippen LogP contribution in [0.15, 0.2) is 0 Å². The summed E-state index contributed by atoms with van der Waals surface area (Å²) in [5.41, 5.74) is 0. The Kier molecular flexibility index (Phi) is 10.1. The summed E-state index contributed by atoms with van der Waals surface area (Å²) in [6.45, 7) is 1.61. The molecule has 0 aliphatic carbocycles. The zero-order valence-corrected chi connectivity index (χ0v) is 5.67. The molecule has 0 heterocycles. The first-order valence-electron chi connectivity index (χ1n) is 2.71. The van der Waals surface area contributed by atoms with E-state index in [9.17, 15) is 0 Å². The number of rotatable bonds is 4. The van der Waals surface area contributed by atoms with Crippen LogP contribution < -0.4 is 0 Å². The molecule has 0 atom stereocenters. The monoisotopic (exact) mass is 137 g/mol. The number of nitrogens with zero attached hydrogens (tertiary/aromatic N) is 1. The minimum atomic E-state index is 0. The maximum Gasteiger partial charge on any atom is 0.0558 e. The van der Waals surface area contributed by atoms with Crippen LogP contribution in [0.2, 0.25) is 0 Å². The molecule has 0 amide bonds. The Morgan fingerprint density at radius 3 is 1.67 bits per heavy atom. The van der Waals surface area contributed by atoms with E-state index >= 15 is 0 Å². The van der Waals surface area contributed by atoms with Gasteiger partial charge in [-0.25, -0.2) is 0 Å². The highest BCUT2D eigenvalue weighted by Gasteiger charge is 1.91. The Morgan fingerprint density at radius 2 is 1.44 bits per heavy atom. The van der Waals surface area contributed by atoms with Crippen molar-refractivity contribution in [2.75, 3.05) is 33.4 Å². The zero-order valence-electron chi connectivity index (χ0n) is 5.67. The van der Waals surface area contributed by atoms with E-state index in [0.29, 0.717) is 13.1 Å². The van der Waals surface area contributed by atoms with Crippen molar-refractivity contribution in [3.63, 3.8) is 0 Å². The molecule has 0 aromatic rings. The smallest absolute Gasteiger partial charge is 0.0558 e. The van der Waals surface area contributed by atoms with Crippen LogP contribution >= 0.6 is 0 Å². The maximum absolute atomic E-state index is 8.34. The molecule has 0 radical (unpaired) electrons. The highest BCUT2D eigenvalue weighted by Crippen LogP contribution is 1.76. The summed E-state index contributed by atoms with van der Waals surface area (Å²) in [6, 6.07) is 0. The van der Waals surface area contributed by atoms with Crippen molar-refractivity contribution < 1.29 is 15.7 Å². The van der Waals surface area contributed by atoms with Gasteiger partial charge in [0.2, 0.25) is 0 Å². The summed E-state index contributed by atoms with van der Waals surface area (Å²) >= 11 is 0. The van der Waals surface area contributed by atoms with Crippen molar-refractivity contribution in [2.45, 2.75) is 0 Å². The lowest BCUT2D eigenvalue weighted by atomic mass is 10.5. The van der Waals surface area contributed by atoms with Crippen LogP contribution in [0, 0.1) is 0 Å². The van der Waals surface area contributed by atoms with E-state index in [4.69, 9.17) is 10.2 Å². The van der Waals surface area contributed by atoms with Gasteiger partial charge in [0.15, 0.2) is 0 Å². The van der Waals surface area contributed by atoms with Gasteiger partial charge in [-0.3, -0.25) is 0 Å². The molecule has 0 aromatic heterocycles. The quantitative estimate of drug-likeness (QED) is 0.474. The second kappa shape index (κ2) is 7.84. The fourth-order valence-corrected chi connectivity index (χ4v) is 0.453. The molecule has 4 heteroatoms. The molecule has 0 aliphatic rings. The minimum Gasteiger partial charge on any atom is -0.412 e. The highest BCUT2D eigenvalue weighted by molar-refractivity contribution is 4.45. The van der Waals surface area contributed by atoms with Crippen LogP contribution in [0.25, 0.3) is 0 Å². The van der Waals surface area contributed by atoms with Gasteiger partial charge < -0.3 is 20.6 Å². The molecule has 4 N–H and O–H groups in total. The van der Waals surface area contributed by atoms with E-state index in [-0.39, 0.29) is 18.7 Å². The number of likely N-dealkylation sites (N-methyl/N-ethyl adjacent to an activating group) is 1. The van der Waals surface area contributed by atoms with Gasteiger partial charge in [-0.1, -0.05) is 0 Å². The van der Waals surface area contributed by atoms with Gasteiger partial charge in [-0.05, 0) is 7.05 Å². The highest BCUT2D eigenvalue weighted by atomic mass is 16.3. The van der Waals surface area contributed by atoms with Crippen LogP contribution in [-0.2, 0) is 0 Å². The van der Waals surface area contributed by atoms with E-state index in [1.54, 1.807) is 0 Å². The summed E-state index contributed by atoms with van der Waals surface area (Å²) < 4.78 is 0. The van der Waals surface area contributed by atoms with E-state index in [1.165, 1.54) is 0 Å². The van der Waals surface area contributed by atoms with Crippen LogP contribution in [0.5, 0.6) is 0 Å². The van der Waals surface area contributed by atoms with Gasteiger partial charge in [0.05, 0.1) is 13.2 Å². The molecule has 58 valence electrons. The normalized spacial score (nSPS) is 9.33. The van der Waals surface area contributed by atoms with Crippen LogP contribution in [-0.4, -0.2) is 53.9 Å². The number of aliphatic hydroxyl groups excluding tert-OH is 2. The average molecular weight is 137 g/mol. The molecule has 0 rings (SSSR count). The van der Waals surface area contributed by atoms with Gasteiger partial charge in [-0.15, -0.1) is 0 Å². The van der Waals surface area contributed by atoms with E-state index in [0.717, 1.165) is 0 Å². The number of hydrogen-bond acceptors (Lipinski definition) is 3. The van der Waals surface area contributed by atoms with Crippen molar-refractivity contribution in [1.82, 2.24) is 4.90 Å². The molecular weight excluding hydrogens is 122 g/mol. The molecule has 4 nitrogen and oxygen atoms in total. The molecule has 0 fully saturated rings. The lowest BCUT2D eigenvalue weighted by Gasteiger charge is -2.11. The van der Waals surface area contributed by atoms with Crippen molar-refractivity contribution in [2.24, 2.45) is 0 Å². The summed E-state index contributed by atoms with van der Waals surface area (Å²) in [5, 5.41) is 16.7. The first-order valence-corrected chi connectivity index (χ1v) is 2.71. The zero-order chi connectivity index (χ0) is 6.41. The lowest BCUT2D eigenvalue weighted by molar-refractivity contribution is 0.184. The summed E-state index contributed by atoms with van der Waals surface area (Å²) in [5.74, 6) is 0. The van der Waals surface area contributed by atoms with E-state index in [1.807, 2.05) is 11.9 Å². The van der Waals surface area contributed by atoms with Gasteiger partial charge in [0.25, 0.3) is 0 Å². The third-order valence-electron chi connectivity index (χ3n) is 0.963. The van der Waals surface area contributed by atoms with Crippen molar-refractivity contribution in [3.05, 3.63) is 0 Å². The largest absolute Gasteiger partial charge is 0.412 e. The first-order chi connectivity index (χ1) is 3.81. The molecule has 0 unspecified atom stereocenters. The molecule has 0 saturated carbocycles. The maximum atomic E-state index is 8.34. The van der Waals surface area contributed by atoms with Crippen molar-refractivity contribution >= 4 is 0 Å². The van der Waals surface area contributed by atoms with Gasteiger partial charge in [0.1, 0.15) is 0 Å². The summed E-state index contributed by atoms with van der Waals surface area (Å²) in [6.07, 6.45) is 0. The van der Waals surface area contributed by atoms with Gasteiger partial charge in [0, 0.05) is 13.1 Å². The third kappa shape index (κ3) is 7.84. The molecule has 0 aromatic carbocycles. The summed E-state index contributed by atoms with van der Waals surface area (Å²) in [7, 11) is 1.85. The lowest BCUT2D eigenvalue weighted by Crippen LogP contribution is -2.25. The Labute approximate surface area is 55.0 Å². The molecule has 0 spiro atoms. The number of aliphatic hydroxyl groups is 2. The fourth-order valence-electron chi connectivity index (χ4n) is 0.453. The third-order valence-corrected chi connectivity index (χ3v) is 0.963. The SMILES string of the molecule is CN(CCO)CCO.O. The first kappa shape index (κ1) is 11.6. The predicted octanol–water partition coefficient (Wildman–Crippen LogP) is -1.92. The minimum absolute atomic E-state index is 0. The van der Waals surface area contributed by atoms with Crippen LogP contribution in [0.1, 0.15) is 0 Å². The predicted molar refractivity (Wildman–Crippen MR) is 35.3 cm³/mol. The Morgan fingerprint density at radius 1 is 1.11 bits per heavy atom. The summed E-state index contributed by atoms with van der Waals surface area (Å²) in [4.78, 5) is 1.86. The van der Waals surface area contributed by atoms with Gasteiger partial charge >= 0.3 is 0 Å². The van der Waals surface area contributed by atoms with E-state index in [2.05, 4.69) is 0 Å². The van der Waals surface area contributed by atoms with Crippen molar-refractivity contribution in [1.29, 1.82) is 0 Å². The molecule has 0 bridgehead atoms. The molecule has 9 heavy (non-hydrogen) atoms. The number of hydrogen-bond donors (Lipinski definition) is 2. The Hall–Kier alpha value is -0.160. The molecular formula is C5H15NO3. The fraction of sp³-hybridized carbons (Fsp3) is 1.00. The van der Waals surface area contributed by atoms with Crippen LogP contribution in [0.3, 0.4) is 0 Å². The van der Waals surface area contributed by atoms with Crippen molar-refractivity contribution in [3.8, 4) is 0 Å². The Balaban J connectivity index is 0. The Bertz CT molecular complexity index is 45.5. The van der Waals surface area contributed by atoms with Crippen LogP contribution in [0.4, 0.5) is 0 Å². The topological polar surface area (TPSA) is 75.2 Å². The standard InChI is InChI=1S/C5H13NO2.H2O/c1-6(2-4-7)3-5-8;/h7-8H,2-5H2,1H3;1H2. The average Bonchev–Trinajstić information content (AvgIpc) is 1.68. The van der Waals surface area contributed by atoms with E-state index < -0.39 is 0 Å². The van der Waals surface area contributed by atoms with Gasteiger partial charge in [-0.2, -0.15) is 0 Å². The second-order valence-corrected chi connectivity index (χ2v) is 1.75. The second-order valence-electron chi connectivity index (χ2n) is 1.75. The molecule has 0 saturated heterocycles. The molecule has 0 aliphatic heterocycles.